The number of benzene rings is 2. The quantitative estimate of drug-likeness (QED) is 0.252. The van der Waals surface area contributed by atoms with Gasteiger partial charge in [0.2, 0.25) is 5.95 Å². The summed E-state index contributed by atoms with van der Waals surface area (Å²) in [5.41, 5.74) is 5.64. The van der Waals surface area contributed by atoms with E-state index in [0.717, 1.165) is 41.1 Å². The van der Waals surface area contributed by atoms with Crippen molar-refractivity contribution in [2.45, 2.75) is 18.8 Å². The molecule has 6 rings (SSSR count). The zero-order valence-corrected chi connectivity index (χ0v) is 25.1. The lowest BCUT2D eigenvalue weighted by atomic mass is 9.89. The molecular formula is C33H34ClN7O. The van der Waals surface area contributed by atoms with Crippen LogP contribution in [0, 0.1) is 0 Å². The van der Waals surface area contributed by atoms with E-state index >= 15 is 0 Å². The van der Waals surface area contributed by atoms with Crippen LogP contribution in [0.1, 0.15) is 24.3 Å². The van der Waals surface area contributed by atoms with Crippen molar-refractivity contribution in [1.29, 1.82) is 0 Å². The van der Waals surface area contributed by atoms with Gasteiger partial charge in [0.05, 0.1) is 0 Å². The third-order valence-electron chi connectivity index (χ3n) is 8.08. The van der Waals surface area contributed by atoms with Gasteiger partial charge in [-0.15, -0.1) is 0 Å². The predicted molar refractivity (Wildman–Crippen MR) is 172 cm³/mol. The largest absolute Gasteiger partial charge is 0.362 e. The van der Waals surface area contributed by atoms with Crippen LogP contribution in [-0.4, -0.2) is 58.7 Å². The summed E-state index contributed by atoms with van der Waals surface area (Å²) >= 11 is 6.66. The highest BCUT2D eigenvalue weighted by Gasteiger charge is 2.19. The standard InChI is InChI=1S/C33H34ClN7O/c1-39(2)31-26(6-5-15-35-31)23-9-12-29(34)27(18-23)28-19-24-20-36-33(38-30(24)41(4)32(28)42)37-25-10-7-21(8-11-25)22-13-16-40(3)17-14-22/h5-12,15,18-20,22H,13-14,16-17H2,1-4H3,(H,36,37,38). The first-order valence-electron chi connectivity index (χ1n) is 14.1. The van der Waals surface area contributed by atoms with E-state index in [-0.39, 0.29) is 5.56 Å². The van der Waals surface area contributed by atoms with Gasteiger partial charge in [0, 0.05) is 66.3 Å². The monoisotopic (exact) mass is 579 g/mol. The van der Waals surface area contributed by atoms with E-state index in [4.69, 9.17) is 16.6 Å². The zero-order chi connectivity index (χ0) is 29.4. The summed E-state index contributed by atoms with van der Waals surface area (Å²) < 4.78 is 1.55. The average molecular weight is 580 g/mol. The minimum Gasteiger partial charge on any atom is -0.362 e. The van der Waals surface area contributed by atoms with Crippen LogP contribution in [0.25, 0.3) is 33.3 Å². The maximum absolute atomic E-state index is 13.6. The van der Waals surface area contributed by atoms with Gasteiger partial charge in [0.15, 0.2) is 0 Å². The molecule has 5 aromatic rings. The van der Waals surface area contributed by atoms with E-state index in [1.54, 1.807) is 24.0 Å². The summed E-state index contributed by atoms with van der Waals surface area (Å²) in [6, 6.07) is 20.0. The molecule has 0 saturated carbocycles. The van der Waals surface area contributed by atoms with Crippen LogP contribution in [0.5, 0.6) is 0 Å². The lowest BCUT2D eigenvalue weighted by Gasteiger charge is -2.29. The van der Waals surface area contributed by atoms with Crippen molar-refractivity contribution in [1.82, 2.24) is 24.4 Å². The molecule has 1 saturated heterocycles. The lowest BCUT2D eigenvalue weighted by molar-refractivity contribution is 0.255. The molecule has 1 aliphatic rings. The molecule has 4 heterocycles. The molecule has 0 amide bonds. The molecule has 9 heteroatoms. The Labute approximate surface area is 250 Å². The van der Waals surface area contributed by atoms with E-state index in [2.05, 4.69) is 51.5 Å². The highest BCUT2D eigenvalue weighted by Crippen LogP contribution is 2.35. The molecular weight excluding hydrogens is 546 g/mol. The number of aryl methyl sites for hydroxylation is 1. The van der Waals surface area contributed by atoms with Gasteiger partial charge in [-0.1, -0.05) is 29.8 Å². The molecule has 0 spiro atoms. The smallest absolute Gasteiger partial charge is 0.259 e. The maximum atomic E-state index is 13.6. The molecule has 1 aliphatic heterocycles. The van der Waals surface area contributed by atoms with Crippen molar-refractivity contribution in [3.8, 4) is 22.3 Å². The Hall–Kier alpha value is -4.27. The number of fused-ring (bicyclic) bond motifs is 1. The van der Waals surface area contributed by atoms with E-state index in [1.807, 2.05) is 55.4 Å². The normalized spacial score (nSPS) is 14.3. The highest BCUT2D eigenvalue weighted by molar-refractivity contribution is 6.33. The summed E-state index contributed by atoms with van der Waals surface area (Å²) in [6.07, 6.45) is 5.87. The van der Waals surface area contributed by atoms with Crippen LogP contribution >= 0.6 is 11.6 Å². The van der Waals surface area contributed by atoms with Crippen LogP contribution in [-0.2, 0) is 7.05 Å². The van der Waals surface area contributed by atoms with Gasteiger partial charge in [-0.25, -0.2) is 9.97 Å². The molecule has 8 nitrogen and oxygen atoms in total. The zero-order valence-electron chi connectivity index (χ0n) is 24.3. The molecule has 0 unspecified atom stereocenters. The third kappa shape index (κ3) is 5.47. The Kier molecular flexibility index (Phi) is 7.66. The topological polar surface area (TPSA) is 79.2 Å². The molecule has 42 heavy (non-hydrogen) atoms. The van der Waals surface area contributed by atoms with Crippen LogP contribution in [0.2, 0.25) is 5.02 Å². The van der Waals surface area contributed by atoms with Crippen LogP contribution in [0.15, 0.2) is 77.9 Å². The minimum atomic E-state index is -0.187. The Morgan fingerprint density at radius 2 is 1.69 bits per heavy atom. The Morgan fingerprint density at radius 3 is 2.43 bits per heavy atom. The number of piperidine rings is 1. The van der Waals surface area contributed by atoms with E-state index < -0.39 is 0 Å². The maximum Gasteiger partial charge on any atom is 0.259 e. The fourth-order valence-corrected chi connectivity index (χ4v) is 5.91. The summed E-state index contributed by atoms with van der Waals surface area (Å²) in [6.45, 7) is 2.27. The van der Waals surface area contributed by atoms with Gasteiger partial charge in [0.25, 0.3) is 5.56 Å². The highest BCUT2D eigenvalue weighted by atomic mass is 35.5. The van der Waals surface area contributed by atoms with Crippen LogP contribution in [0.4, 0.5) is 17.5 Å². The Balaban J connectivity index is 1.30. The van der Waals surface area contributed by atoms with Gasteiger partial charge >= 0.3 is 0 Å². The number of halogens is 1. The molecule has 0 bridgehead atoms. The first-order valence-corrected chi connectivity index (χ1v) is 14.5. The molecule has 1 fully saturated rings. The number of rotatable bonds is 6. The second kappa shape index (κ2) is 11.5. The van der Waals surface area contributed by atoms with Crippen molar-refractivity contribution in [2.75, 3.05) is 44.4 Å². The number of anilines is 3. The SMILES string of the molecule is CN1CCC(c2ccc(Nc3ncc4cc(-c5cc(-c6cccnc6N(C)C)ccc5Cl)c(=O)n(C)c4n3)cc2)CC1. The van der Waals surface area contributed by atoms with Crippen LogP contribution in [0.3, 0.4) is 0 Å². The molecule has 3 aromatic heterocycles. The third-order valence-corrected chi connectivity index (χ3v) is 8.41. The van der Waals surface area contributed by atoms with Crippen molar-refractivity contribution < 1.29 is 0 Å². The number of pyridine rings is 2. The second-order valence-corrected chi connectivity index (χ2v) is 11.6. The van der Waals surface area contributed by atoms with Gasteiger partial charge < -0.3 is 15.1 Å². The number of hydrogen-bond acceptors (Lipinski definition) is 7. The number of aromatic nitrogens is 4. The van der Waals surface area contributed by atoms with E-state index in [0.29, 0.717) is 33.7 Å². The Morgan fingerprint density at radius 1 is 0.929 bits per heavy atom. The number of likely N-dealkylation sites (tertiary alicyclic amines) is 1. The number of nitrogens with zero attached hydrogens (tertiary/aromatic N) is 6. The van der Waals surface area contributed by atoms with Gasteiger partial charge in [0.1, 0.15) is 11.5 Å². The van der Waals surface area contributed by atoms with Gasteiger partial charge in [-0.2, -0.15) is 4.98 Å². The summed E-state index contributed by atoms with van der Waals surface area (Å²) in [4.78, 5) is 31.8. The average Bonchev–Trinajstić information content (AvgIpc) is 3.00. The predicted octanol–water partition coefficient (Wildman–Crippen LogP) is 6.33. The van der Waals surface area contributed by atoms with Crippen molar-refractivity contribution >= 4 is 40.1 Å². The Bertz CT molecular complexity index is 1810. The lowest BCUT2D eigenvalue weighted by Crippen LogP contribution is -2.29. The number of hydrogen-bond donors (Lipinski definition) is 1. The van der Waals surface area contributed by atoms with Crippen LogP contribution < -0.4 is 15.8 Å². The first-order chi connectivity index (χ1) is 20.3. The number of nitrogens with one attached hydrogen (secondary N) is 1. The van der Waals surface area contributed by atoms with E-state index in [9.17, 15) is 4.79 Å². The van der Waals surface area contributed by atoms with Gasteiger partial charge in [-0.05, 0) is 92.5 Å². The molecule has 0 atom stereocenters. The second-order valence-electron chi connectivity index (χ2n) is 11.2. The fraction of sp³-hybridized carbons (Fsp3) is 0.273. The first kappa shape index (κ1) is 27.9. The molecule has 2 aromatic carbocycles. The minimum absolute atomic E-state index is 0.187. The molecule has 214 valence electrons. The van der Waals surface area contributed by atoms with Gasteiger partial charge in [-0.3, -0.25) is 9.36 Å². The summed E-state index contributed by atoms with van der Waals surface area (Å²) in [5, 5.41) is 4.54. The molecule has 1 N–H and O–H groups in total. The summed E-state index contributed by atoms with van der Waals surface area (Å²) in [5.74, 6) is 1.87. The van der Waals surface area contributed by atoms with E-state index in [1.165, 1.54) is 18.4 Å². The molecule has 0 radical (unpaired) electrons. The summed E-state index contributed by atoms with van der Waals surface area (Å²) in [7, 11) is 7.82. The van der Waals surface area contributed by atoms with Crippen molar-refractivity contribution in [3.63, 3.8) is 0 Å². The van der Waals surface area contributed by atoms with Crippen molar-refractivity contribution in [3.05, 3.63) is 94.0 Å². The fourth-order valence-electron chi connectivity index (χ4n) is 5.69. The van der Waals surface area contributed by atoms with Crippen molar-refractivity contribution in [2.24, 2.45) is 7.05 Å². The molecule has 0 aliphatic carbocycles.